The van der Waals surface area contributed by atoms with Crippen LogP contribution in [0.15, 0.2) is 20.4 Å². The van der Waals surface area contributed by atoms with E-state index >= 15 is 0 Å². The topological polar surface area (TPSA) is 49.6 Å². The third-order valence-corrected chi connectivity index (χ3v) is 5.86. The van der Waals surface area contributed by atoms with Crippen molar-refractivity contribution in [2.45, 2.75) is 20.4 Å². The summed E-state index contributed by atoms with van der Waals surface area (Å²) in [4.78, 5) is 17.5. The van der Waals surface area contributed by atoms with Crippen LogP contribution in [0.5, 0.6) is 0 Å². The largest absolute Gasteiger partial charge is 0.361 e. The Morgan fingerprint density at radius 3 is 2.64 bits per heavy atom. The first kappa shape index (κ1) is 15.7. The third kappa shape index (κ3) is 3.11. The molecule has 1 saturated heterocycles. The quantitative estimate of drug-likeness (QED) is 0.816. The average molecular weight is 384 g/mol. The van der Waals surface area contributed by atoms with Gasteiger partial charge in [-0.25, -0.2) is 0 Å². The van der Waals surface area contributed by atoms with Crippen LogP contribution in [0.3, 0.4) is 0 Å². The molecule has 1 aliphatic rings. The second kappa shape index (κ2) is 6.52. The van der Waals surface area contributed by atoms with E-state index in [9.17, 15) is 4.79 Å². The number of hydrogen-bond donors (Lipinski definition) is 0. The molecule has 2 aromatic rings. The van der Waals surface area contributed by atoms with Gasteiger partial charge in [0.2, 0.25) is 0 Å². The number of carbonyl (C=O) groups excluding carboxylic acids is 1. The van der Waals surface area contributed by atoms with Gasteiger partial charge in [-0.15, -0.1) is 11.3 Å². The average Bonchev–Trinajstić information content (AvgIpc) is 3.08. The molecule has 0 aromatic carbocycles. The number of halogens is 1. The molecule has 7 heteroatoms. The van der Waals surface area contributed by atoms with Gasteiger partial charge in [0.15, 0.2) is 0 Å². The molecule has 22 heavy (non-hydrogen) atoms. The molecule has 0 spiro atoms. The number of aryl methyl sites for hydroxylation is 2. The maximum atomic E-state index is 12.5. The fourth-order valence-corrected chi connectivity index (χ4v) is 4.16. The molecule has 1 aliphatic heterocycles. The number of aromatic nitrogens is 1. The summed E-state index contributed by atoms with van der Waals surface area (Å²) in [5.74, 6) is 1.01. The van der Waals surface area contributed by atoms with Crippen molar-refractivity contribution in [2.24, 2.45) is 0 Å². The molecule has 118 valence electrons. The number of carbonyl (C=O) groups is 1. The fraction of sp³-hybridized carbons (Fsp3) is 0.467. The molecule has 5 nitrogen and oxygen atoms in total. The molecule has 0 aliphatic carbocycles. The molecule has 3 rings (SSSR count). The van der Waals surface area contributed by atoms with Crippen molar-refractivity contribution in [3.8, 4) is 0 Å². The van der Waals surface area contributed by atoms with Crippen LogP contribution in [0.25, 0.3) is 0 Å². The lowest BCUT2D eigenvalue weighted by Crippen LogP contribution is -2.48. The highest BCUT2D eigenvalue weighted by Gasteiger charge is 2.25. The predicted octanol–water partition coefficient (Wildman–Crippen LogP) is 3.07. The summed E-state index contributed by atoms with van der Waals surface area (Å²) in [6.07, 6.45) is 0. The maximum Gasteiger partial charge on any atom is 0.265 e. The zero-order chi connectivity index (χ0) is 15.7. The van der Waals surface area contributed by atoms with E-state index in [0.29, 0.717) is 0 Å². The van der Waals surface area contributed by atoms with Gasteiger partial charge in [-0.2, -0.15) is 0 Å². The molecule has 0 bridgehead atoms. The highest BCUT2D eigenvalue weighted by molar-refractivity contribution is 9.10. The van der Waals surface area contributed by atoms with Crippen LogP contribution < -0.4 is 0 Å². The molecule has 3 heterocycles. The van der Waals surface area contributed by atoms with Crippen LogP contribution in [-0.4, -0.2) is 47.0 Å². The summed E-state index contributed by atoms with van der Waals surface area (Å²) in [5.41, 5.74) is 2.12. The maximum absolute atomic E-state index is 12.5. The lowest BCUT2D eigenvalue weighted by Gasteiger charge is -2.34. The van der Waals surface area contributed by atoms with Crippen LogP contribution in [0, 0.1) is 13.8 Å². The number of piperazine rings is 1. The zero-order valence-corrected chi connectivity index (χ0v) is 15.0. The van der Waals surface area contributed by atoms with Gasteiger partial charge in [0.1, 0.15) is 10.6 Å². The molecule has 0 radical (unpaired) electrons. The molecule has 1 fully saturated rings. The second-order valence-electron chi connectivity index (χ2n) is 5.47. The third-order valence-electron chi connectivity index (χ3n) is 4.03. The minimum Gasteiger partial charge on any atom is -0.361 e. The van der Waals surface area contributed by atoms with Gasteiger partial charge >= 0.3 is 0 Å². The van der Waals surface area contributed by atoms with Crippen molar-refractivity contribution in [2.75, 3.05) is 26.2 Å². The van der Waals surface area contributed by atoms with E-state index in [1.54, 1.807) is 0 Å². The highest BCUT2D eigenvalue weighted by Crippen LogP contribution is 2.25. The Kier molecular flexibility index (Phi) is 4.65. The zero-order valence-electron chi connectivity index (χ0n) is 12.6. The first-order valence-corrected chi connectivity index (χ1v) is 8.90. The van der Waals surface area contributed by atoms with E-state index in [4.69, 9.17) is 4.52 Å². The van der Waals surface area contributed by atoms with Gasteiger partial charge in [-0.05, 0) is 41.2 Å². The monoisotopic (exact) mass is 383 g/mol. The van der Waals surface area contributed by atoms with E-state index in [1.807, 2.05) is 30.2 Å². The van der Waals surface area contributed by atoms with Crippen LogP contribution in [0.1, 0.15) is 26.7 Å². The number of rotatable bonds is 3. The van der Waals surface area contributed by atoms with Crippen LogP contribution in [0.4, 0.5) is 0 Å². The Balaban J connectivity index is 1.59. The number of nitrogens with zero attached hydrogens (tertiary/aromatic N) is 3. The SMILES string of the molecule is Cc1noc(C)c1CN1CCN(C(=O)c2sccc2Br)CC1. The van der Waals surface area contributed by atoms with Crippen molar-refractivity contribution in [1.82, 2.24) is 15.0 Å². The molecule has 0 unspecified atom stereocenters. The van der Waals surface area contributed by atoms with Crippen molar-refractivity contribution in [1.29, 1.82) is 0 Å². The minimum absolute atomic E-state index is 0.124. The summed E-state index contributed by atoms with van der Waals surface area (Å²) < 4.78 is 6.10. The van der Waals surface area contributed by atoms with Crippen LogP contribution >= 0.6 is 27.3 Å². The molecule has 0 atom stereocenters. The van der Waals surface area contributed by atoms with Crippen LogP contribution in [-0.2, 0) is 6.54 Å². The minimum atomic E-state index is 0.124. The van der Waals surface area contributed by atoms with Gasteiger partial charge in [0.25, 0.3) is 5.91 Å². The standard InChI is InChI=1S/C15H18BrN3O2S/c1-10-12(11(2)21-17-10)9-18-4-6-19(7-5-18)15(20)14-13(16)3-8-22-14/h3,8H,4-7,9H2,1-2H3. The van der Waals surface area contributed by atoms with Gasteiger partial charge in [0, 0.05) is 42.8 Å². The molecule has 0 saturated carbocycles. The Morgan fingerprint density at radius 1 is 1.36 bits per heavy atom. The van der Waals surface area contributed by atoms with E-state index in [0.717, 1.165) is 53.5 Å². The molecular weight excluding hydrogens is 366 g/mol. The lowest BCUT2D eigenvalue weighted by molar-refractivity contribution is 0.0631. The second-order valence-corrected chi connectivity index (χ2v) is 7.24. The fourth-order valence-electron chi connectivity index (χ4n) is 2.65. The van der Waals surface area contributed by atoms with Crippen molar-refractivity contribution >= 4 is 33.2 Å². The van der Waals surface area contributed by atoms with Crippen molar-refractivity contribution in [3.05, 3.63) is 37.8 Å². The van der Waals surface area contributed by atoms with E-state index in [1.165, 1.54) is 16.9 Å². The van der Waals surface area contributed by atoms with Gasteiger partial charge in [-0.1, -0.05) is 5.16 Å². The molecule has 1 amide bonds. The lowest BCUT2D eigenvalue weighted by atomic mass is 10.2. The van der Waals surface area contributed by atoms with Crippen molar-refractivity contribution < 1.29 is 9.32 Å². The first-order chi connectivity index (χ1) is 10.6. The van der Waals surface area contributed by atoms with E-state index < -0.39 is 0 Å². The van der Waals surface area contributed by atoms with Gasteiger partial charge in [-0.3, -0.25) is 9.69 Å². The number of thiophene rings is 1. The highest BCUT2D eigenvalue weighted by atomic mass is 79.9. The summed E-state index contributed by atoms with van der Waals surface area (Å²) in [5, 5.41) is 5.93. The number of amides is 1. The summed E-state index contributed by atoms with van der Waals surface area (Å²) >= 11 is 4.92. The number of hydrogen-bond acceptors (Lipinski definition) is 5. The summed E-state index contributed by atoms with van der Waals surface area (Å²) in [6, 6.07) is 1.92. The Labute approximate surface area is 142 Å². The van der Waals surface area contributed by atoms with E-state index in [-0.39, 0.29) is 5.91 Å². The molecule has 2 aromatic heterocycles. The summed E-state index contributed by atoms with van der Waals surface area (Å²) in [7, 11) is 0. The van der Waals surface area contributed by atoms with Crippen LogP contribution in [0.2, 0.25) is 0 Å². The van der Waals surface area contributed by atoms with Crippen molar-refractivity contribution in [3.63, 3.8) is 0 Å². The molecular formula is C15H18BrN3O2S. The van der Waals surface area contributed by atoms with E-state index in [2.05, 4.69) is 26.0 Å². The smallest absolute Gasteiger partial charge is 0.265 e. The van der Waals surface area contributed by atoms with Gasteiger partial charge < -0.3 is 9.42 Å². The first-order valence-electron chi connectivity index (χ1n) is 7.22. The molecule has 0 N–H and O–H groups in total. The Morgan fingerprint density at radius 2 is 2.09 bits per heavy atom. The Hall–Kier alpha value is -1.18. The summed E-state index contributed by atoms with van der Waals surface area (Å²) in [6.45, 7) is 8.02. The normalized spacial score (nSPS) is 16.2. The Bertz CT molecular complexity index is 655. The van der Waals surface area contributed by atoms with Gasteiger partial charge in [0.05, 0.1) is 5.69 Å². The predicted molar refractivity (Wildman–Crippen MR) is 89.2 cm³/mol.